The molecule has 4 rings (SSSR count). The van der Waals surface area contributed by atoms with Gasteiger partial charge in [0.15, 0.2) is 0 Å². The van der Waals surface area contributed by atoms with Gasteiger partial charge >= 0.3 is 12.0 Å². The molecule has 8 heteroatoms. The second-order valence-corrected chi connectivity index (χ2v) is 9.48. The number of benzene rings is 2. The number of nitrogens with one attached hydrogen (secondary N) is 2. The van der Waals surface area contributed by atoms with Gasteiger partial charge in [0, 0.05) is 18.2 Å². The lowest BCUT2D eigenvalue weighted by molar-refractivity contribution is -0.150. The van der Waals surface area contributed by atoms with E-state index in [0.717, 1.165) is 37.7 Å². The molecule has 1 heterocycles. The number of rotatable bonds is 6. The van der Waals surface area contributed by atoms with Crippen molar-refractivity contribution >= 4 is 29.3 Å². The smallest absolute Gasteiger partial charge is 0.326 e. The number of methoxy groups -OCH3 is 1. The number of aliphatic carboxylic acids is 1. The molecule has 0 unspecified atom stereocenters. The van der Waals surface area contributed by atoms with Crippen LogP contribution in [0, 0.1) is 12.8 Å². The number of anilines is 2. The number of ether oxygens (including phenoxy) is 1. The SMILES string of the molecule is COc1ccc(C)cc1NC(=O)Nc1ccc(C2CCC(C(=O)N3CCC[C@H]3C(=O)O)CC2)cc1. The summed E-state index contributed by atoms with van der Waals surface area (Å²) in [5.41, 5.74) is 3.50. The Balaban J connectivity index is 1.29. The lowest BCUT2D eigenvalue weighted by Crippen LogP contribution is -2.44. The Hall–Kier alpha value is -3.55. The summed E-state index contributed by atoms with van der Waals surface area (Å²) >= 11 is 0. The number of carbonyl (C=O) groups is 3. The van der Waals surface area contributed by atoms with Crippen molar-refractivity contribution in [3.63, 3.8) is 0 Å². The second kappa shape index (κ2) is 10.8. The molecule has 3 amide bonds. The maximum Gasteiger partial charge on any atom is 0.326 e. The lowest BCUT2D eigenvalue weighted by Gasteiger charge is -2.32. The van der Waals surface area contributed by atoms with Crippen molar-refractivity contribution in [2.45, 2.75) is 57.4 Å². The molecule has 2 fully saturated rings. The summed E-state index contributed by atoms with van der Waals surface area (Å²) in [7, 11) is 1.56. The predicted molar refractivity (Wildman–Crippen MR) is 134 cm³/mol. The Bertz CT molecular complexity index is 1080. The maximum atomic E-state index is 12.9. The molecule has 8 nitrogen and oxygen atoms in total. The summed E-state index contributed by atoms with van der Waals surface area (Å²) < 4.78 is 5.31. The summed E-state index contributed by atoms with van der Waals surface area (Å²) in [6.45, 7) is 2.50. The first kappa shape index (κ1) is 24.6. The number of amides is 3. The van der Waals surface area contributed by atoms with Gasteiger partial charge in [-0.15, -0.1) is 0 Å². The summed E-state index contributed by atoms with van der Waals surface area (Å²) in [6, 6.07) is 12.4. The summed E-state index contributed by atoms with van der Waals surface area (Å²) in [5.74, 6) is -0.0331. The Morgan fingerprint density at radius 3 is 2.34 bits per heavy atom. The van der Waals surface area contributed by atoms with Crippen LogP contribution in [0.15, 0.2) is 42.5 Å². The summed E-state index contributed by atoms with van der Waals surface area (Å²) in [6.07, 6.45) is 4.63. The molecule has 2 aliphatic rings. The first-order chi connectivity index (χ1) is 16.9. The second-order valence-electron chi connectivity index (χ2n) is 9.48. The monoisotopic (exact) mass is 479 g/mol. The van der Waals surface area contributed by atoms with E-state index in [2.05, 4.69) is 10.6 Å². The van der Waals surface area contributed by atoms with Crippen LogP contribution in [0.1, 0.15) is 55.6 Å². The van der Waals surface area contributed by atoms with E-state index in [0.29, 0.717) is 36.0 Å². The van der Waals surface area contributed by atoms with E-state index >= 15 is 0 Å². The molecule has 2 aromatic rings. The fourth-order valence-electron chi connectivity index (χ4n) is 5.24. The number of hydrogen-bond acceptors (Lipinski definition) is 4. The van der Waals surface area contributed by atoms with Crippen molar-refractivity contribution < 1.29 is 24.2 Å². The first-order valence-electron chi connectivity index (χ1n) is 12.2. The van der Waals surface area contributed by atoms with Gasteiger partial charge in [-0.25, -0.2) is 9.59 Å². The quantitative estimate of drug-likeness (QED) is 0.541. The zero-order valence-corrected chi connectivity index (χ0v) is 20.3. The van der Waals surface area contributed by atoms with E-state index in [9.17, 15) is 19.5 Å². The first-order valence-corrected chi connectivity index (χ1v) is 12.2. The van der Waals surface area contributed by atoms with Gasteiger partial charge in [-0.05, 0) is 86.8 Å². The summed E-state index contributed by atoms with van der Waals surface area (Å²) in [5, 5.41) is 15.1. The van der Waals surface area contributed by atoms with Crippen LogP contribution in [0.2, 0.25) is 0 Å². The Morgan fingerprint density at radius 2 is 1.69 bits per heavy atom. The van der Waals surface area contributed by atoms with Gasteiger partial charge in [0.05, 0.1) is 12.8 Å². The largest absolute Gasteiger partial charge is 0.495 e. The third-order valence-electron chi connectivity index (χ3n) is 7.14. The molecule has 186 valence electrons. The molecular weight excluding hydrogens is 446 g/mol. The molecule has 1 saturated heterocycles. The molecule has 0 spiro atoms. The minimum Gasteiger partial charge on any atom is -0.495 e. The molecule has 1 atom stereocenters. The van der Waals surface area contributed by atoms with E-state index < -0.39 is 12.0 Å². The molecule has 2 aromatic carbocycles. The molecule has 0 radical (unpaired) electrons. The average Bonchev–Trinajstić information content (AvgIpc) is 3.35. The Kier molecular flexibility index (Phi) is 7.58. The van der Waals surface area contributed by atoms with E-state index in [1.54, 1.807) is 12.0 Å². The van der Waals surface area contributed by atoms with Crippen molar-refractivity contribution in [2.75, 3.05) is 24.3 Å². The van der Waals surface area contributed by atoms with Crippen molar-refractivity contribution in [1.82, 2.24) is 4.90 Å². The highest BCUT2D eigenvalue weighted by atomic mass is 16.5. The minimum absolute atomic E-state index is 0.00384. The standard InChI is InChI=1S/C27H33N3O5/c1-17-5-14-24(35-2)22(16-17)29-27(34)28-21-12-10-19(11-13-21)18-6-8-20(9-7-18)25(31)30-15-3-4-23(30)26(32)33/h5,10-14,16,18,20,23H,3-4,6-9,15H2,1-2H3,(H,32,33)(H2,28,29,34)/t18?,20?,23-/m0/s1. The van der Waals surface area contributed by atoms with Crippen molar-refractivity contribution in [3.05, 3.63) is 53.6 Å². The fraction of sp³-hybridized carbons (Fsp3) is 0.444. The maximum absolute atomic E-state index is 12.9. The Morgan fingerprint density at radius 1 is 0.971 bits per heavy atom. The fourth-order valence-corrected chi connectivity index (χ4v) is 5.24. The number of urea groups is 1. The van der Waals surface area contributed by atoms with Gasteiger partial charge in [-0.1, -0.05) is 18.2 Å². The van der Waals surface area contributed by atoms with Crippen LogP contribution in [-0.2, 0) is 9.59 Å². The number of carbonyl (C=O) groups excluding carboxylic acids is 2. The van der Waals surface area contributed by atoms with Gasteiger partial charge in [-0.2, -0.15) is 0 Å². The van der Waals surface area contributed by atoms with E-state index in [4.69, 9.17) is 4.74 Å². The highest BCUT2D eigenvalue weighted by molar-refractivity contribution is 6.00. The van der Waals surface area contributed by atoms with Gasteiger partial charge in [-0.3, -0.25) is 4.79 Å². The van der Waals surface area contributed by atoms with Crippen LogP contribution >= 0.6 is 0 Å². The van der Waals surface area contributed by atoms with Crippen molar-refractivity contribution in [2.24, 2.45) is 5.92 Å². The van der Waals surface area contributed by atoms with Crippen LogP contribution in [0.4, 0.5) is 16.2 Å². The third-order valence-corrected chi connectivity index (χ3v) is 7.14. The van der Waals surface area contributed by atoms with Gasteiger partial charge in [0.25, 0.3) is 0 Å². The topological polar surface area (TPSA) is 108 Å². The van der Waals surface area contributed by atoms with Gasteiger partial charge in [0.2, 0.25) is 5.91 Å². The molecule has 3 N–H and O–H groups in total. The van der Waals surface area contributed by atoms with Crippen LogP contribution < -0.4 is 15.4 Å². The average molecular weight is 480 g/mol. The van der Waals surface area contributed by atoms with E-state index in [1.165, 1.54) is 5.56 Å². The van der Waals surface area contributed by atoms with Crippen LogP contribution in [-0.4, -0.2) is 47.6 Å². The number of nitrogens with zero attached hydrogens (tertiary/aromatic N) is 1. The highest BCUT2D eigenvalue weighted by Gasteiger charge is 2.38. The zero-order valence-electron chi connectivity index (χ0n) is 20.3. The van der Waals surface area contributed by atoms with Crippen LogP contribution in [0.25, 0.3) is 0 Å². The molecular formula is C27H33N3O5. The third kappa shape index (κ3) is 5.75. The number of aryl methyl sites for hydroxylation is 1. The van der Waals surface area contributed by atoms with Crippen LogP contribution in [0.3, 0.4) is 0 Å². The van der Waals surface area contributed by atoms with Crippen molar-refractivity contribution in [3.8, 4) is 5.75 Å². The van der Waals surface area contributed by atoms with Crippen LogP contribution in [0.5, 0.6) is 5.75 Å². The van der Waals surface area contributed by atoms with E-state index in [1.807, 2.05) is 49.4 Å². The number of carboxylic acid groups (broad SMARTS) is 1. The number of hydrogen-bond donors (Lipinski definition) is 3. The minimum atomic E-state index is -0.898. The van der Waals surface area contributed by atoms with Gasteiger partial charge < -0.3 is 25.4 Å². The Labute approximate surface area is 205 Å². The highest BCUT2D eigenvalue weighted by Crippen LogP contribution is 2.38. The lowest BCUT2D eigenvalue weighted by atomic mass is 9.78. The number of likely N-dealkylation sites (tertiary alicyclic amines) is 1. The zero-order chi connectivity index (χ0) is 24.9. The molecule has 35 heavy (non-hydrogen) atoms. The molecule has 1 aliphatic heterocycles. The molecule has 0 bridgehead atoms. The normalized spacial score (nSPS) is 21.9. The molecule has 1 saturated carbocycles. The molecule has 0 aromatic heterocycles. The molecule has 1 aliphatic carbocycles. The van der Waals surface area contributed by atoms with Gasteiger partial charge in [0.1, 0.15) is 11.8 Å². The van der Waals surface area contributed by atoms with E-state index in [-0.39, 0.29) is 17.9 Å². The predicted octanol–water partition coefficient (Wildman–Crippen LogP) is 5.00. The summed E-state index contributed by atoms with van der Waals surface area (Å²) in [4.78, 5) is 38.4. The number of carboxylic acids is 1. The van der Waals surface area contributed by atoms with Crippen molar-refractivity contribution in [1.29, 1.82) is 0 Å².